The van der Waals surface area contributed by atoms with Crippen molar-refractivity contribution < 1.29 is 18.9 Å². The number of carbonyl (C=O) groups is 1. The molecule has 0 unspecified atom stereocenters. The zero-order valence-electron chi connectivity index (χ0n) is 18.7. The normalized spacial score (nSPS) is 11.3. The average Bonchev–Trinajstić information content (AvgIpc) is 3.49. The number of amides is 1. The van der Waals surface area contributed by atoms with E-state index in [0.717, 1.165) is 5.56 Å². The molecular formula is C22H22N8O4. The van der Waals surface area contributed by atoms with Gasteiger partial charge in [0.1, 0.15) is 17.2 Å². The first-order chi connectivity index (χ1) is 16.5. The van der Waals surface area contributed by atoms with Gasteiger partial charge >= 0.3 is 0 Å². The summed E-state index contributed by atoms with van der Waals surface area (Å²) in [4.78, 5) is 13.1. The first-order valence-electron chi connectivity index (χ1n) is 10.3. The Morgan fingerprint density at radius 1 is 1.18 bits per heavy atom. The molecule has 2 aromatic heterocycles. The molecule has 0 bridgehead atoms. The average molecular weight is 462 g/mol. The van der Waals surface area contributed by atoms with Crippen LogP contribution in [0.2, 0.25) is 0 Å². The van der Waals surface area contributed by atoms with Gasteiger partial charge in [-0.2, -0.15) is 9.78 Å². The van der Waals surface area contributed by atoms with E-state index in [0.29, 0.717) is 35.1 Å². The van der Waals surface area contributed by atoms with Crippen LogP contribution in [0.15, 0.2) is 58.3 Å². The Bertz CT molecular complexity index is 1330. The predicted molar refractivity (Wildman–Crippen MR) is 123 cm³/mol. The first-order valence-corrected chi connectivity index (χ1v) is 10.3. The van der Waals surface area contributed by atoms with Gasteiger partial charge in [0.05, 0.1) is 19.4 Å². The van der Waals surface area contributed by atoms with Crippen LogP contribution >= 0.6 is 0 Å². The second kappa shape index (κ2) is 9.81. The highest BCUT2D eigenvalue weighted by Gasteiger charge is 2.25. The fourth-order valence-corrected chi connectivity index (χ4v) is 3.16. The maximum absolute atomic E-state index is 13.1. The van der Waals surface area contributed by atoms with E-state index in [1.54, 1.807) is 38.3 Å². The highest BCUT2D eigenvalue weighted by atomic mass is 16.6. The molecule has 12 heteroatoms. The molecule has 2 aromatic carbocycles. The Morgan fingerprint density at radius 3 is 2.65 bits per heavy atom. The Hall–Kier alpha value is -4.74. The minimum atomic E-state index is -0.576. The van der Waals surface area contributed by atoms with Crippen molar-refractivity contribution in [1.82, 2.24) is 30.7 Å². The Kier molecular flexibility index (Phi) is 6.48. The van der Waals surface area contributed by atoms with Crippen LogP contribution in [0.25, 0.3) is 17.1 Å². The van der Waals surface area contributed by atoms with Crippen molar-refractivity contribution in [2.24, 2.45) is 5.10 Å². The number of methoxy groups -OCH3 is 1. The number of aromatic nitrogens is 5. The molecule has 4 rings (SSSR count). The number of nitrogen functional groups attached to an aromatic ring is 1. The Labute approximate surface area is 194 Å². The SMILES string of the molecule is CCOc1ccc(-c2c(C(=O)N/N=C(\C)c3cccc(OC)c3)nnn2-c2nonc2N)cc1. The number of hydrogen-bond acceptors (Lipinski definition) is 10. The lowest BCUT2D eigenvalue weighted by atomic mass is 10.1. The van der Waals surface area contributed by atoms with E-state index in [4.69, 9.17) is 19.8 Å². The number of benzene rings is 2. The topological polar surface area (TPSA) is 156 Å². The van der Waals surface area contributed by atoms with Crippen LogP contribution < -0.4 is 20.6 Å². The lowest BCUT2D eigenvalue weighted by Crippen LogP contribution is -2.21. The quantitative estimate of drug-likeness (QED) is 0.297. The number of nitrogens with one attached hydrogen (secondary N) is 1. The van der Waals surface area contributed by atoms with Gasteiger partial charge in [-0.3, -0.25) is 4.79 Å². The maximum atomic E-state index is 13.1. The standard InChI is InChI=1S/C22H22N8O4/c1-4-33-16-10-8-14(9-11-16)19-18(25-29-30(19)21-20(23)27-34-28-21)22(31)26-24-13(2)15-6-5-7-17(12-15)32-3/h5-12H,4H2,1-3H3,(H2,23,27)(H,26,31)/b24-13+. The van der Waals surface area contributed by atoms with Crippen LogP contribution in [-0.2, 0) is 0 Å². The van der Waals surface area contributed by atoms with E-state index in [2.05, 4.69) is 31.2 Å². The van der Waals surface area contributed by atoms with Crippen LogP contribution in [0.1, 0.15) is 29.9 Å². The van der Waals surface area contributed by atoms with Gasteiger partial charge in [0, 0.05) is 11.1 Å². The van der Waals surface area contributed by atoms with Gasteiger partial charge in [-0.15, -0.1) is 5.10 Å². The number of rotatable bonds is 8. The van der Waals surface area contributed by atoms with Crippen molar-refractivity contribution in [3.8, 4) is 28.6 Å². The Morgan fingerprint density at radius 2 is 1.97 bits per heavy atom. The molecule has 0 aliphatic rings. The van der Waals surface area contributed by atoms with Crippen molar-refractivity contribution >= 4 is 17.4 Å². The predicted octanol–water partition coefficient (Wildman–Crippen LogP) is 2.46. The van der Waals surface area contributed by atoms with Crippen LogP contribution in [0.4, 0.5) is 5.82 Å². The van der Waals surface area contributed by atoms with Gasteiger partial charge in [-0.05, 0) is 60.6 Å². The third-order valence-corrected chi connectivity index (χ3v) is 4.83. The van der Waals surface area contributed by atoms with E-state index >= 15 is 0 Å². The number of carbonyl (C=O) groups excluding carboxylic acids is 1. The van der Waals surface area contributed by atoms with Gasteiger partial charge in [0.15, 0.2) is 5.69 Å². The van der Waals surface area contributed by atoms with E-state index in [9.17, 15) is 4.79 Å². The minimum absolute atomic E-state index is 0.00376. The number of hydrogen-bond donors (Lipinski definition) is 2. The third-order valence-electron chi connectivity index (χ3n) is 4.83. The number of nitrogens with zero attached hydrogens (tertiary/aromatic N) is 6. The summed E-state index contributed by atoms with van der Waals surface area (Å²) in [6, 6.07) is 14.4. The number of nitrogens with two attached hydrogens (primary N) is 1. The summed E-state index contributed by atoms with van der Waals surface area (Å²) >= 11 is 0. The second-order valence-electron chi connectivity index (χ2n) is 7.00. The molecule has 0 saturated carbocycles. The molecule has 0 radical (unpaired) electrons. The fraction of sp³-hybridized carbons (Fsp3) is 0.182. The van der Waals surface area contributed by atoms with E-state index in [-0.39, 0.29) is 17.3 Å². The summed E-state index contributed by atoms with van der Waals surface area (Å²) in [6.45, 7) is 4.18. The van der Waals surface area contributed by atoms with Crippen LogP contribution in [0.5, 0.6) is 11.5 Å². The lowest BCUT2D eigenvalue weighted by Gasteiger charge is -2.08. The molecular weight excluding hydrogens is 440 g/mol. The van der Waals surface area contributed by atoms with Crippen molar-refractivity contribution in [2.45, 2.75) is 13.8 Å². The van der Waals surface area contributed by atoms with Crippen molar-refractivity contribution in [3.05, 3.63) is 59.8 Å². The van der Waals surface area contributed by atoms with Gasteiger partial charge < -0.3 is 15.2 Å². The second-order valence-corrected chi connectivity index (χ2v) is 7.00. The highest BCUT2D eigenvalue weighted by molar-refractivity contribution is 6.02. The largest absolute Gasteiger partial charge is 0.497 e. The summed E-state index contributed by atoms with van der Waals surface area (Å²) in [7, 11) is 1.58. The summed E-state index contributed by atoms with van der Waals surface area (Å²) < 4.78 is 16.7. The minimum Gasteiger partial charge on any atom is -0.497 e. The van der Waals surface area contributed by atoms with Crippen molar-refractivity contribution in [3.63, 3.8) is 0 Å². The zero-order chi connectivity index (χ0) is 24.1. The molecule has 0 spiro atoms. The fourth-order valence-electron chi connectivity index (χ4n) is 3.16. The smallest absolute Gasteiger partial charge is 0.294 e. The van der Waals surface area contributed by atoms with Crippen LogP contribution in [0, 0.1) is 0 Å². The molecule has 12 nitrogen and oxygen atoms in total. The Balaban J connectivity index is 1.69. The molecule has 0 aliphatic carbocycles. The lowest BCUT2D eigenvalue weighted by molar-refractivity contribution is 0.0950. The molecule has 0 fully saturated rings. The van der Waals surface area contributed by atoms with Gasteiger partial charge in [-0.25, -0.2) is 10.1 Å². The zero-order valence-corrected chi connectivity index (χ0v) is 18.7. The molecule has 4 aromatic rings. The molecule has 174 valence electrons. The summed E-state index contributed by atoms with van der Waals surface area (Å²) in [5, 5.41) is 19.6. The van der Waals surface area contributed by atoms with Gasteiger partial charge in [-0.1, -0.05) is 17.3 Å². The van der Waals surface area contributed by atoms with Crippen LogP contribution in [-0.4, -0.2) is 50.6 Å². The molecule has 34 heavy (non-hydrogen) atoms. The molecule has 0 saturated heterocycles. The van der Waals surface area contributed by atoms with Crippen molar-refractivity contribution in [1.29, 1.82) is 0 Å². The number of anilines is 1. The van der Waals surface area contributed by atoms with Crippen LogP contribution in [0.3, 0.4) is 0 Å². The third kappa shape index (κ3) is 4.55. The van der Waals surface area contributed by atoms with E-state index in [1.807, 2.05) is 31.2 Å². The molecule has 1 amide bonds. The molecule has 0 aliphatic heterocycles. The maximum Gasteiger partial charge on any atom is 0.294 e. The van der Waals surface area contributed by atoms with Gasteiger partial charge in [0.25, 0.3) is 5.91 Å². The summed E-state index contributed by atoms with van der Waals surface area (Å²) in [5.74, 6) is 0.880. The number of hydrazone groups is 1. The molecule has 0 atom stereocenters. The van der Waals surface area contributed by atoms with Crippen molar-refractivity contribution in [2.75, 3.05) is 19.5 Å². The first kappa shape index (κ1) is 22.5. The summed E-state index contributed by atoms with van der Waals surface area (Å²) in [6.07, 6.45) is 0. The van der Waals surface area contributed by atoms with E-state index in [1.165, 1.54) is 4.68 Å². The highest BCUT2D eigenvalue weighted by Crippen LogP contribution is 2.28. The molecule has 3 N–H and O–H groups in total. The van der Waals surface area contributed by atoms with E-state index < -0.39 is 5.91 Å². The monoisotopic (exact) mass is 462 g/mol. The van der Waals surface area contributed by atoms with Gasteiger partial charge in [0.2, 0.25) is 11.6 Å². The molecule has 2 heterocycles. The summed E-state index contributed by atoms with van der Waals surface area (Å²) in [5.41, 5.74) is 10.7. The number of ether oxygens (including phenoxy) is 2.